The topological polar surface area (TPSA) is 40.4 Å². The van der Waals surface area contributed by atoms with Crippen LogP contribution in [-0.4, -0.2) is 15.7 Å². The third-order valence-corrected chi connectivity index (χ3v) is 1.72. The molecular formula is C8H12N4O. The fraction of sp³-hybridized carbons (Fsp3) is 0.500. The van der Waals surface area contributed by atoms with Gasteiger partial charge >= 0.3 is 0 Å². The van der Waals surface area contributed by atoms with E-state index < -0.39 is 0 Å². The van der Waals surface area contributed by atoms with Gasteiger partial charge in [-0.05, 0) is 20.8 Å². The Balaban J connectivity index is 2.21. The molecule has 5 heteroatoms. The van der Waals surface area contributed by atoms with Crippen LogP contribution >= 0.6 is 0 Å². The summed E-state index contributed by atoms with van der Waals surface area (Å²) in [7, 11) is 0. The summed E-state index contributed by atoms with van der Waals surface area (Å²) in [6.45, 7) is 6.18. The minimum atomic E-state index is -0.0757. The van der Waals surface area contributed by atoms with Crippen LogP contribution in [0.1, 0.15) is 20.8 Å². The van der Waals surface area contributed by atoms with Gasteiger partial charge in [-0.1, -0.05) is 0 Å². The molecule has 5 nitrogen and oxygen atoms in total. The lowest BCUT2D eigenvalue weighted by molar-refractivity contribution is -0.273. The SMILES string of the molecule is CC(C)(C)N1C=C2N=NC=CN2O1. The number of fused-ring (bicyclic) bond motifs is 1. The normalized spacial score (nSPS) is 20.7. The van der Waals surface area contributed by atoms with Crippen molar-refractivity contribution in [3.8, 4) is 0 Å². The lowest BCUT2D eigenvalue weighted by atomic mass is 10.1. The summed E-state index contributed by atoms with van der Waals surface area (Å²) in [5, 5.41) is 11.0. The van der Waals surface area contributed by atoms with E-state index in [0.29, 0.717) is 5.82 Å². The minimum Gasteiger partial charge on any atom is -0.227 e. The molecule has 2 aliphatic heterocycles. The summed E-state index contributed by atoms with van der Waals surface area (Å²) >= 11 is 0. The second kappa shape index (κ2) is 2.56. The monoisotopic (exact) mass is 180 g/mol. The number of hydrogen-bond acceptors (Lipinski definition) is 5. The van der Waals surface area contributed by atoms with E-state index in [4.69, 9.17) is 4.94 Å². The molecule has 70 valence electrons. The Labute approximate surface area is 76.9 Å². The zero-order valence-corrected chi connectivity index (χ0v) is 7.93. The molecule has 0 atom stereocenters. The van der Waals surface area contributed by atoms with Crippen LogP contribution in [0.15, 0.2) is 34.6 Å². The molecule has 0 aromatic heterocycles. The van der Waals surface area contributed by atoms with Crippen molar-refractivity contribution in [2.24, 2.45) is 10.2 Å². The molecular weight excluding hydrogens is 168 g/mol. The Morgan fingerprint density at radius 3 is 2.77 bits per heavy atom. The van der Waals surface area contributed by atoms with E-state index in [0.717, 1.165) is 0 Å². The molecule has 0 N–H and O–H groups in total. The number of hydroxylamine groups is 4. The zero-order valence-electron chi connectivity index (χ0n) is 7.93. The molecule has 2 aliphatic rings. The van der Waals surface area contributed by atoms with Gasteiger partial charge in [-0.2, -0.15) is 10.2 Å². The molecule has 0 aromatic rings. The van der Waals surface area contributed by atoms with Crippen LogP contribution in [0.2, 0.25) is 0 Å². The molecule has 2 rings (SSSR count). The highest BCUT2D eigenvalue weighted by Gasteiger charge is 2.30. The van der Waals surface area contributed by atoms with Crippen LogP contribution in [0.5, 0.6) is 0 Å². The molecule has 0 bridgehead atoms. The first-order chi connectivity index (χ1) is 6.07. The van der Waals surface area contributed by atoms with E-state index in [1.807, 2.05) is 6.20 Å². The van der Waals surface area contributed by atoms with Gasteiger partial charge in [-0.3, -0.25) is 0 Å². The number of rotatable bonds is 0. The van der Waals surface area contributed by atoms with Crippen molar-refractivity contribution in [1.82, 2.24) is 10.1 Å². The zero-order chi connectivity index (χ0) is 9.47. The van der Waals surface area contributed by atoms with E-state index >= 15 is 0 Å². The average molecular weight is 180 g/mol. The Kier molecular flexibility index (Phi) is 1.63. The lowest BCUT2D eigenvalue weighted by Gasteiger charge is -2.29. The Morgan fingerprint density at radius 2 is 2.15 bits per heavy atom. The van der Waals surface area contributed by atoms with Crippen molar-refractivity contribution in [3.05, 3.63) is 24.4 Å². The van der Waals surface area contributed by atoms with Crippen LogP contribution < -0.4 is 0 Å². The predicted octanol–water partition coefficient (Wildman–Crippen LogP) is 1.98. The van der Waals surface area contributed by atoms with Gasteiger partial charge in [-0.15, -0.1) is 10.1 Å². The molecule has 0 radical (unpaired) electrons. The summed E-state index contributed by atoms with van der Waals surface area (Å²) in [5.41, 5.74) is -0.0757. The molecule has 0 aliphatic carbocycles. The highest BCUT2D eigenvalue weighted by molar-refractivity contribution is 5.06. The van der Waals surface area contributed by atoms with Crippen LogP contribution in [0.25, 0.3) is 0 Å². The summed E-state index contributed by atoms with van der Waals surface area (Å²) < 4.78 is 0. The first-order valence-corrected chi connectivity index (χ1v) is 4.13. The van der Waals surface area contributed by atoms with E-state index in [-0.39, 0.29) is 5.54 Å². The molecule has 0 amide bonds. The second-order valence-corrected chi connectivity index (χ2v) is 3.90. The van der Waals surface area contributed by atoms with Gasteiger partial charge in [0.05, 0.1) is 24.1 Å². The maximum Gasteiger partial charge on any atom is 0.200 e. The molecule has 13 heavy (non-hydrogen) atoms. The van der Waals surface area contributed by atoms with Gasteiger partial charge in [0.2, 0.25) is 0 Å². The average Bonchev–Trinajstić information content (AvgIpc) is 2.45. The van der Waals surface area contributed by atoms with E-state index in [1.54, 1.807) is 22.5 Å². The number of nitrogens with zero attached hydrogens (tertiary/aromatic N) is 4. The quantitative estimate of drug-likeness (QED) is 0.572. The molecule has 2 heterocycles. The number of azo groups is 1. The van der Waals surface area contributed by atoms with Gasteiger partial charge < -0.3 is 0 Å². The highest BCUT2D eigenvalue weighted by Crippen LogP contribution is 2.27. The van der Waals surface area contributed by atoms with Gasteiger partial charge in [0.1, 0.15) is 0 Å². The van der Waals surface area contributed by atoms with Crippen molar-refractivity contribution >= 4 is 0 Å². The van der Waals surface area contributed by atoms with Gasteiger partial charge in [0, 0.05) is 0 Å². The predicted molar refractivity (Wildman–Crippen MR) is 46.6 cm³/mol. The van der Waals surface area contributed by atoms with Gasteiger partial charge in [0.15, 0.2) is 5.82 Å². The molecule has 0 saturated heterocycles. The maximum atomic E-state index is 5.46. The second-order valence-electron chi connectivity index (χ2n) is 3.90. The van der Waals surface area contributed by atoms with Crippen LogP contribution in [-0.2, 0) is 4.94 Å². The first kappa shape index (κ1) is 8.25. The molecule has 0 unspecified atom stereocenters. The van der Waals surface area contributed by atoms with Gasteiger partial charge in [-0.25, -0.2) is 5.06 Å². The van der Waals surface area contributed by atoms with Crippen LogP contribution in [0, 0.1) is 0 Å². The minimum absolute atomic E-state index is 0.0757. The van der Waals surface area contributed by atoms with Gasteiger partial charge in [0.25, 0.3) is 0 Å². The standard InChI is InChI=1S/C8H12N4O/c1-8(2,3)12-6-7-10-9-4-5-11(7)13-12/h4-6H,1-3H3. The fourth-order valence-corrected chi connectivity index (χ4v) is 0.994. The van der Waals surface area contributed by atoms with Crippen LogP contribution in [0.4, 0.5) is 0 Å². The van der Waals surface area contributed by atoms with Crippen molar-refractivity contribution in [2.45, 2.75) is 26.3 Å². The van der Waals surface area contributed by atoms with E-state index in [1.165, 1.54) is 0 Å². The first-order valence-electron chi connectivity index (χ1n) is 4.13. The van der Waals surface area contributed by atoms with Crippen molar-refractivity contribution in [2.75, 3.05) is 0 Å². The summed E-state index contributed by atoms with van der Waals surface area (Å²) in [6, 6.07) is 0. The molecule has 0 fully saturated rings. The molecule has 0 aromatic carbocycles. The fourth-order valence-electron chi connectivity index (χ4n) is 0.994. The third kappa shape index (κ3) is 1.42. The van der Waals surface area contributed by atoms with E-state index in [2.05, 4.69) is 31.0 Å². The lowest BCUT2D eigenvalue weighted by Crippen LogP contribution is -2.36. The van der Waals surface area contributed by atoms with Crippen molar-refractivity contribution < 1.29 is 4.94 Å². The molecule has 0 spiro atoms. The Morgan fingerprint density at radius 1 is 1.38 bits per heavy atom. The summed E-state index contributed by atoms with van der Waals surface area (Å²) in [5.74, 6) is 0.706. The van der Waals surface area contributed by atoms with Crippen molar-refractivity contribution in [3.63, 3.8) is 0 Å². The van der Waals surface area contributed by atoms with E-state index in [9.17, 15) is 0 Å². The van der Waals surface area contributed by atoms with Crippen molar-refractivity contribution in [1.29, 1.82) is 0 Å². The summed E-state index contributed by atoms with van der Waals surface area (Å²) in [6.07, 6.45) is 5.14. The molecule has 0 saturated carbocycles. The highest BCUT2D eigenvalue weighted by atomic mass is 16.8. The largest absolute Gasteiger partial charge is 0.227 e. The maximum absolute atomic E-state index is 5.46. The smallest absolute Gasteiger partial charge is 0.200 e. The van der Waals surface area contributed by atoms with Crippen LogP contribution in [0.3, 0.4) is 0 Å². The Bertz CT molecular complexity index is 300. The summed E-state index contributed by atoms with van der Waals surface area (Å²) in [4.78, 5) is 5.46. The Hall–Kier alpha value is -1.36. The number of hydrogen-bond donors (Lipinski definition) is 0. The third-order valence-electron chi connectivity index (χ3n) is 1.72.